The first kappa shape index (κ1) is 12.7. The quantitative estimate of drug-likeness (QED) is 0.690. The highest BCUT2D eigenvalue weighted by Gasteiger charge is 2.03. The van der Waals surface area contributed by atoms with E-state index in [0.29, 0.717) is 18.4 Å². The molecule has 0 bridgehead atoms. The Kier molecular flexibility index (Phi) is 5.89. The third-order valence-corrected chi connectivity index (χ3v) is 2.73. The molecule has 0 heterocycles. The predicted octanol–water partition coefficient (Wildman–Crippen LogP) is 4.00. The molecule has 1 aromatic carbocycles. The summed E-state index contributed by atoms with van der Waals surface area (Å²) < 4.78 is 5.53. The predicted molar refractivity (Wildman–Crippen MR) is 66.2 cm³/mol. The molecule has 0 aliphatic rings. The number of alkyl halides is 2. The van der Waals surface area contributed by atoms with Crippen LogP contribution in [0.2, 0.25) is 0 Å². The van der Waals surface area contributed by atoms with Crippen LogP contribution in [-0.2, 0) is 12.3 Å². The van der Waals surface area contributed by atoms with E-state index in [-0.39, 0.29) is 0 Å². The number of rotatable bonds is 6. The Morgan fingerprint density at radius 2 is 2.07 bits per heavy atom. The van der Waals surface area contributed by atoms with Crippen LogP contribution in [0.3, 0.4) is 0 Å². The number of ether oxygens (including phenoxy) is 1. The molecule has 0 aliphatic heterocycles. The first-order valence-electron chi connectivity index (χ1n) is 5.18. The van der Waals surface area contributed by atoms with Crippen molar-refractivity contribution in [1.82, 2.24) is 0 Å². The van der Waals surface area contributed by atoms with Crippen LogP contribution < -0.4 is 4.74 Å². The summed E-state index contributed by atoms with van der Waals surface area (Å²) in [6.07, 6.45) is 1.99. The van der Waals surface area contributed by atoms with Gasteiger partial charge in [0, 0.05) is 11.4 Å². The van der Waals surface area contributed by atoms with Gasteiger partial charge in [-0.25, -0.2) is 0 Å². The van der Waals surface area contributed by atoms with Gasteiger partial charge in [-0.15, -0.1) is 23.2 Å². The zero-order valence-corrected chi connectivity index (χ0v) is 10.4. The van der Waals surface area contributed by atoms with Gasteiger partial charge in [0.05, 0.1) is 12.5 Å². The second kappa shape index (κ2) is 6.97. The van der Waals surface area contributed by atoms with Crippen LogP contribution in [0.25, 0.3) is 0 Å². The van der Waals surface area contributed by atoms with E-state index in [1.54, 1.807) is 0 Å². The van der Waals surface area contributed by atoms with Crippen LogP contribution in [0.1, 0.15) is 24.5 Å². The number of benzene rings is 1. The lowest BCUT2D eigenvalue weighted by atomic mass is 10.1. The van der Waals surface area contributed by atoms with Crippen LogP contribution in [0.4, 0.5) is 0 Å². The molecule has 0 atom stereocenters. The molecule has 0 aliphatic carbocycles. The Labute approximate surface area is 101 Å². The topological polar surface area (TPSA) is 9.23 Å². The second-order valence-electron chi connectivity index (χ2n) is 3.30. The molecule has 1 nitrogen and oxygen atoms in total. The zero-order chi connectivity index (χ0) is 11.1. The maximum absolute atomic E-state index is 5.82. The fraction of sp³-hybridized carbons (Fsp3) is 0.500. The minimum absolute atomic E-state index is 0.491. The van der Waals surface area contributed by atoms with E-state index in [9.17, 15) is 0 Å². The lowest BCUT2D eigenvalue weighted by Gasteiger charge is -2.10. The smallest absolute Gasteiger partial charge is 0.123 e. The van der Waals surface area contributed by atoms with Crippen molar-refractivity contribution in [2.45, 2.75) is 25.6 Å². The Hall–Kier alpha value is -0.400. The van der Waals surface area contributed by atoms with Crippen molar-refractivity contribution in [3.05, 3.63) is 29.3 Å². The highest BCUT2D eigenvalue weighted by atomic mass is 35.5. The summed E-state index contributed by atoms with van der Waals surface area (Å²) in [6.45, 7) is 2.65. The van der Waals surface area contributed by atoms with Gasteiger partial charge in [-0.3, -0.25) is 0 Å². The minimum atomic E-state index is 0.491. The van der Waals surface area contributed by atoms with Crippen LogP contribution in [-0.4, -0.2) is 12.5 Å². The molecule has 1 aromatic rings. The molecule has 84 valence electrons. The standard InChI is InChI=1S/C12H16Cl2O/c1-2-15-12-8-10(4-3-7-13)5-6-11(12)9-14/h5-6,8H,2-4,7,9H2,1H3. The van der Waals surface area contributed by atoms with Gasteiger partial charge in [0.15, 0.2) is 0 Å². The molecule has 0 aromatic heterocycles. The fourth-order valence-corrected chi connectivity index (χ4v) is 1.78. The van der Waals surface area contributed by atoms with Crippen molar-refractivity contribution in [1.29, 1.82) is 0 Å². The largest absolute Gasteiger partial charge is 0.494 e. The van der Waals surface area contributed by atoms with Gasteiger partial charge >= 0.3 is 0 Å². The zero-order valence-electron chi connectivity index (χ0n) is 8.93. The average molecular weight is 247 g/mol. The summed E-state index contributed by atoms with van der Waals surface area (Å²) in [7, 11) is 0. The lowest BCUT2D eigenvalue weighted by Crippen LogP contribution is -1.97. The summed E-state index contributed by atoms with van der Waals surface area (Å²) >= 11 is 11.5. The van der Waals surface area contributed by atoms with Gasteiger partial charge in [-0.1, -0.05) is 12.1 Å². The summed E-state index contributed by atoms with van der Waals surface area (Å²) in [5.74, 6) is 2.09. The highest BCUT2D eigenvalue weighted by Crippen LogP contribution is 2.23. The van der Waals surface area contributed by atoms with Crippen molar-refractivity contribution in [3.8, 4) is 5.75 Å². The molecule has 0 saturated carbocycles. The molecule has 0 fully saturated rings. The van der Waals surface area contributed by atoms with Crippen LogP contribution in [0.5, 0.6) is 5.75 Å². The van der Waals surface area contributed by atoms with Crippen LogP contribution in [0.15, 0.2) is 18.2 Å². The van der Waals surface area contributed by atoms with E-state index in [2.05, 4.69) is 12.1 Å². The molecule has 0 N–H and O–H groups in total. The van der Waals surface area contributed by atoms with E-state index in [4.69, 9.17) is 27.9 Å². The molecule has 15 heavy (non-hydrogen) atoms. The van der Waals surface area contributed by atoms with Crippen molar-refractivity contribution in [2.24, 2.45) is 0 Å². The van der Waals surface area contributed by atoms with E-state index in [1.807, 2.05) is 13.0 Å². The SMILES string of the molecule is CCOc1cc(CCCCl)ccc1CCl. The van der Waals surface area contributed by atoms with Crippen molar-refractivity contribution in [3.63, 3.8) is 0 Å². The Bertz CT molecular complexity index is 300. The van der Waals surface area contributed by atoms with Crippen molar-refractivity contribution < 1.29 is 4.74 Å². The molecule has 3 heteroatoms. The van der Waals surface area contributed by atoms with Crippen molar-refractivity contribution in [2.75, 3.05) is 12.5 Å². The fourth-order valence-electron chi connectivity index (χ4n) is 1.43. The highest BCUT2D eigenvalue weighted by molar-refractivity contribution is 6.17. The Morgan fingerprint density at radius 3 is 2.67 bits per heavy atom. The monoisotopic (exact) mass is 246 g/mol. The van der Waals surface area contributed by atoms with Crippen molar-refractivity contribution >= 4 is 23.2 Å². The molecule has 1 rings (SSSR count). The van der Waals surface area contributed by atoms with E-state index in [0.717, 1.165) is 24.2 Å². The molecule has 0 saturated heterocycles. The number of hydrogen-bond donors (Lipinski definition) is 0. The summed E-state index contributed by atoms with van der Waals surface area (Å²) in [4.78, 5) is 0. The molecule has 0 amide bonds. The normalized spacial score (nSPS) is 10.3. The number of aryl methyl sites for hydroxylation is 1. The summed E-state index contributed by atoms with van der Waals surface area (Å²) in [6, 6.07) is 6.18. The van der Waals surface area contributed by atoms with Crippen LogP contribution >= 0.6 is 23.2 Å². The lowest BCUT2D eigenvalue weighted by molar-refractivity contribution is 0.337. The van der Waals surface area contributed by atoms with Crippen LogP contribution in [0, 0.1) is 0 Å². The molecule has 0 spiro atoms. The Morgan fingerprint density at radius 1 is 1.27 bits per heavy atom. The van der Waals surface area contributed by atoms with Gasteiger partial charge in [-0.05, 0) is 31.4 Å². The Balaban J connectivity index is 2.79. The first-order valence-corrected chi connectivity index (χ1v) is 6.25. The number of halogens is 2. The second-order valence-corrected chi connectivity index (χ2v) is 3.95. The molecule has 0 unspecified atom stereocenters. The van der Waals surface area contributed by atoms with E-state index >= 15 is 0 Å². The van der Waals surface area contributed by atoms with Gasteiger partial charge in [0.25, 0.3) is 0 Å². The molecule has 0 radical (unpaired) electrons. The first-order chi connectivity index (χ1) is 7.31. The molecular weight excluding hydrogens is 231 g/mol. The average Bonchev–Trinajstić information content (AvgIpc) is 2.27. The van der Waals surface area contributed by atoms with Gasteiger partial charge in [0.2, 0.25) is 0 Å². The summed E-state index contributed by atoms with van der Waals surface area (Å²) in [5.41, 5.74) is 2.31. The third kappa shape index (κ3) is 3.92. The van der Waals surface area contributed by atoms with E-state index < -0.39 is 0 Å². The van der Waals surface area contributed by atoms with Gasteiger partial charge < -0.3 is 4.74 Å². The number of hydrogen-bond acceptors (Lipinski definition) is 1. The maximum Gasteiger partial charge on any atom is 0.123 e. The maximum atomic E-state index is 5.82. The summed E-state index contributed by atoms with van der Waals surface area (Å²) in [5, 5.41) is 0. The molecular formula is C12H16Cl2O. The van der Waals surface area contributed by atoms with E-state index in [1.165, 1.54) is 5.56 Å². The minimum Gasteiger partial charge on any atom is -0.494 e. The van der Waals surface area contributed by atoms with Gasteiger partial charge in [-0.2, -0.15) is 0 Å². The third-order valence-electron chi connectivity index (χ3n) is 2.17. The van der Waals surface area contributed by atoms with Gasteiger partial charge in [0.1, 0.15) is 5.75 Å².